The first-order valence-corrected chi connectivity index (χ1v) is 6.65. The molecule has 0 aliphatic heterocycles. The third-order valence-electron chi connectivity index (χ3n) is 2.92. The molecule has 0 saturated heterocycles. The molecule has 0 bridgehead atoms. The molecule has 1 heterocycles. The van der Waals surface area contributed by atoms with Crippen molar-refractivity contribution in [2.45, 2.75) is 40.2 Å². The van der Waals surface area contributed by atoms with Gasteiger partial charge in [-0.05, 0) is 52.3 Å². The molecule has 0 aliphatic rings. The van der Waals surface area contributed by atoms with Crippen molar-refractivity contribution in [3.8, 4) is 16.9 Å². The van der Waals surface area contributed by atoms with Crippen molar-refractivity contribution in [2.24, 2.45) is 0 Å². The average Bonchev–Trinajstić information content (AvgIpc) is 2.32. The molecule has 112 valence electrons. The zero-order valence-electron chi connectivity index (χ0n) is 12.8. The Morgan fingerprint density at radius 3 is 1.86 bits per heavy atom. The third-order valence-corrected chi connectivity index (χ3v) is 2.92. The molecule has 21 heavy (non-hydrogen) atoms. The van der Waals surface area contributed by atoms with Crippen LogP contribution in [0.25, 0.3) is 11.1 Å². The molecule has 0 fully saturated rings. The summed E-state index contributed by atoms with van der Waals surface area (Å²) in [6.07, 6.45) is 1.43. The molecule has 3 nitrogen and oxygen atoms in total. The number of aryl methyl sites for hydroxylation is 2. The summed E-state index contributed by atoms with van der Waals surface area (Å²) in [5, 5.41) is 0. The van der Waals surface area contributed by atoms with Crippen molar-refractivity contribution in [1.29, 1.82) is 0 Å². The SMILES string of the molecule is Cc1ncnc(C)c1-c1cc(F)c(OC(C)(C)C)c(F)c1. The maximum Gasteiger partial charge on any atom is 0.191 e. The number of ether oxygens (including phenoxy) is 1. The Balaban J connectivity index is 2.55. The normalized spacial score (nSPS) is 11.6. The minimum Gasteiger partial charge on any atom is -0.482 e. The van der Waals surface area contributed by atoms with Crippen LogP contribution in [0.1, 0.15) is 32.2 Å². The Bertz CT molecular complexity index is 635. The monoisotopic (exact) mass is 292 g/mol. The van der Waals surface area contributed by atoms with Gasteiger partial charge in [0.05, 0.1) is 0 Å². The molecular formula is C16H18F2N2O. The first-order valence-electron chi connectivity index (χ1n) is 6.65. The molecule has 0 aliphatic carbocycles. The van der Waals surface area contributed by atoms with E-state index < -0.39 is 17.2 Å². The van der Waals surface area contributed by atoms with Crippen molar-refractivity contribution >= 4 is 0 Å². The van der Waals surface area contributed by atoms with E-state index in [0.29, 0.717) is 22.5 Å². The summed E-state index contributed by atoms with van der Waals surface area (Å²) >= 11 is 0. The largest absolute Gasteiger partial charge is 0.482 e. The number of halogens is 2. The van der Waals surface area contributed by atoms with Crippen LogP contribution in [0.15, 0.2) is 18.5 Å². The standard InChI is InChI=1S/C16H18F2N2O/c1-9-14(10(2)20-8-19-9)11-6-12(17)15(13(18)7-11)21-16(3,4)5/h6-8H,1-5H3. The molecule has 0 radical (unpaired) electrons. The van der Waals surface area contributed by atoms with E-state index in [1.807, 2.05) is 0 Å². The Kier molecular flexibility index (Phi) is 3.94. The average molecular weight is 292 g/mol. The molecule has 0 unspecified atom stereocenters. The quantitative estimate of drug-likeness (QED) is 0.831. The van der Waals surface area contributed by atoms with E-state index in [4.69, 9.17) is 4.74 Å². The summed E-state index contributed by atoms with van der Waals surface area (Å²) in [6, 6.07) is 2.51. The lowest BCUT2D eigenvalue weighted by molar-refractivity contribution is 0.117. The van der Waals surface area contributed by atoms with Crippen LogP contribution in [0.4, 0.5) is 8.78 Å². The van der Waals surface area contributed by atoms with E-state index in [2.05, 4.69) is 9.97 Å². The van der Waals surface area contributed by atoms with Gasteiger partial charge >= 0.3 is 0 Å². The van der Waals surface area contributed by atoms with Gasteiger partial charge in [-0.15, -0.1) is 0 Å². The first-order chi connectivity index (χ1) is 9.69. The minimum atomic E-state index is -0.734. The van der Waals surface area contributed by atoms with Gasteiger partial charge in [-0.25, -0.2) is 18.7 Å². The molecule has 0 saturated carbocycles. The highest BCUT2D eigenvalue weighted by atomic mass is 19.1. The first kappa shape index (κ1) is 15.4. The zero-order valence-corrected chi connectivity index (χ0v) is 12.8. The maximum absolute atomic E-state index is 14.2. The van der Waals surface area contributed by atoms with E-state index >= 15 is 0 Å². The van der Waals surface area contributed by atoms with Gasteiger partial charge in [-0.2, -0.15) is 0 Å². The van der Waals surface area contributed by atoms with Crippen molar-refractivity contribution in [1.82, 2.24) is 9.97 Å². The van der Waals surface area contributed by atoms with Crippen LogP contribution in [0.3, 0.4) is 0 Å². The van der Waals surface area contributed by atoms with Crippen LogP contribution in [0.2, 0.25) is 0 Å². The predicted molar refractivity (Wildman–Crippen MR) is 77.2 cm³/mol. The highest BCUT2D eigenvalue weighted by Gasteiger charge is 2.21. The van der Waals surface area contributed by atoms with E-state index in [9.17, 15) is 8.78 Å². The molecule has 0 atom stereocenters. The lowest BCUT2D eigenvalue weighted by Gasteiger charge is -2.22. The topological polar surface area (TPSA) is 35.0 Å². The molecular weight excluding hydrogens is 274 g/mol. The molecule has 0 N–H and O–H groups in total. The number of benzene rings is 1. The molecule has 5 heteroatoms. The van der Waals surface area contributed by atoms with Crippen molar-refractivity contribution in [3.63, 3.8) is 0 Å². The summed E-state index contributed by atoms with van der Waals surface area (Å²) in [4.78, 5) is 8.14. The predicted octanol–water partition coefficient (Wildman–Crippen LogP) is 4.22. The number of nitrogens with zero attached hydrogens (tertiary/aromatic N) is 2. The molecule has 1 aromatic carbocycles. The highest BCUT2D eigenvalue weighted by Crippen LogP contribution is 2.32. The summed E-state index contributed by atoms with van der Waals surface area (Å²) < 4.78 is 33.7. The minimum absolute atomic E-state index is 0.363. The van der Waals surface area contributed by atoms with Gasteiger partial charge in [0.1, 0.15) is 11.9 Å². The lowest BCUT2D eigenvalue weighted by Crippen LogP contribution is -2.24. The van der Waals surface area contributed by atoms with E-state index in [1.54, 1.807) is 34.6 Å². The molecule has 0 amide bonds. The number of aromatic nitrogens is 2. The fourth-order valence-corrected chi connectivity index (χ4v) is 2.12. The summed E-state index contributed by atoms with van der Waals surface area (Å²) in [6.45, 7) is 8.76. The van der Waals surface area contributed by atoms with Crippen LogP contribution in [0.5, 0.6) is 5.75 Å². The summed E-state index contributed by atoms with van der Waals surface area (Å²) in [5.41, 5.74) is 1.71. The molecule has 2 aromatic rings. The second-order valence-electron chi connectivity index (χ2n) is 5.90. The fraction of sp³-hybridized carbons (Fsp3) is 0.375. The van der Waals surface area contributed by atoms with Gasteiger partial charge in [0.25, 0.3) is 0 Å². The summed E-state index contributed by atoms with van der Waals surface area (Å²) in [5.74, 6) is -1.83. The fourth-order valence-electron chi connectivity index (χ4n) is 2.12. The molecule has 0 spiro atoms. The third kappa shape index (κ3) is 3.35. The van der Waals surface area contributed by atoms with Crippen molar-refractivity contribution in [2.75, 3.05) is 0 Å². The van der Waals surface area contributed by atoms with E-state index in [0.717, 1.165) is 0 Å². The summed E-state index contributed by atoms with van der Waals surface area (Å²) in [7, 11) is 0. The zero-order chi connectivity index (χ0) is 15.8. The van der Waals surface area contributed by atoms with Gasteiger partial charge in [0.2, 0.25) is 0 Å². The molecule has 1 aromatic heterocycles. The Hall–Kier alpha value is -2.04. The second-order valence-corrected chi connectivity index (χ2v) is 5.90. The number of rotatable bonds is 2. The van der Waals surface area contributed by atoms with Crippen LogP contribution in [0, 0.1) is 25.5 Å². The second kappa shape index (κ2) is 5.39. The van der Waals surface area contributed by atoms with Crippen LogP contribution < -0.4 is 4.74 Å². The number of hydrogen-bond donors (Lipinski definition) is 0. The Morgan fingerprint density at radius 2 is 1.43 bits per heavy atom. The van der Waals surface area contributed by atoms with Crippen molar-refractivity contribution < 1.29 is 13.5 Å². The van der Waals surface area contributed by atoms with Gasteiger partial charge < -0.3 is 4.74 Å². The Morgan fingerprint density at radius 1 is 0.952 bits per heavy atom. The van der Waals surface area contributed by atoms with Crippen LogP contribution in [-0.4, -0.2) is 15.6 Å². The maximum atomic E-state index is 14.2. The lowest BCUT2D eigenvalue weighted by atomic mass is 10.0. The van der Waals surface area contributed by atoms with Gasteiger partial charge in [-0.1, -0.05) is 0 Å². The Labute approximate surface area is 123 Å². The van der Waals surface area contributed by atoms with Crippen LogP contribution in [-0.2, 0) is 0 Å². The van der Waals surface area contributed by atoms with Crippen LogP contribution >= 0.6 is 0 Å². The van der Waals surface area contributed by atoms with Gasteiger partial charge in [-0.3, -0.25) is 0 Å². The van der Waals surface area contributed by atoms with E-state index in [-0.39, 0.29) is 5.75 Å². The number of hydrogen-bond acceptors (Lipinski definition) is 3. The highest BCUT2D eigenvalue weighted by molar-refractivity contribution is 5.68. The van der Waals surface area contributed by atoms with Crippen molar-refractivity contribution in [3.05, 3.63) is 41.5 Å². The van der Waals surface area contributed by atoms with Gasteiger partial charge in [0.15, 0.2) is 17.4 Å². The van der Waals surface area contributed by atoms with E-state index in [1.165, 1.54) is 18.5 Å². The molecule has 2 rings (SSSR count). The smallest absolute Gasteiger partial charge is 0.191 e. The van der Waals surface area contributed by atoms with Gasteiger partial charge in [0, 0.05) is 17.0 Å².